The predicted octanol–water partition coefficient (Wildman–Crippen LogP) is 3.78. The van der Waals surface area contributed by atoms with Crippen LogP contribution in [0, 0.1) is 0 Å². The second-order valence-electron chi connectivity index (χ2n) is 6.08. The lowest BCUT2D eigenvalue weighted by molar-refractivity contribution is 0.593. The summed E-state index contributed by atoms with van der Waals surface area (Å²) in [5.74, 6) is 0.234. The molecule has 0 atom stereocenters. The highest BCUT2D eigenvalue weighted by molar-refractivity contribution is 7.90. The molecule has 0 amide bonds. The molecule has 142 valence electrons. The second kappa shape index (κ2) is 6.73. The quantitative estimate of drug-likeness (QED) is 0.493. The molecule has 4 rings (SSSR count). The van der Waals surface area contributed by atoms with Crippen molar-refractivity contribution < 1.29 is 8.42 Å². The molecule has 28 heavy (non-hydrogen) atoms. The van der Waals surface area contributed by atoms with Crippen LogP contribution in [0.25, 0.3) is 28.0 Å². The zero-order chi connectivity index (χ0) is 20.1. The summed E-state index contributed by atoms with van der Waals surface area (Å²) < 4.78 is 25.6. The predicted molar refractivity (Wildman–Crippen MR) is 110 cm³/mol. The van der Waals surface area contributed by atoms with Crippen LogP contribution in [0.15, 0.2) is 53.7 Å². The third-order valence-corrected chi connectivity index (χ3v) is 5.45. The number of aromatic nitrogens is 4. The first-order chi connectivity index (χ1) is 13.3. The van der Waals surface area contributed by atoms with Crippen LogP contribution in [-0.2, 0) is 9.84 Å². The van der Waals surface area contributed by atoms with E-state index >= 15 is 0 Å². The van der Waals surface area contributed by atoms with Gasteiger partial charge in [-0.15, -0.1) is 5.10 Å². The molecular formula is C18H13Cl2N5O2S. The smallest absolute Gasteiger partial charge is 0.249 e. The molecule has 0 saturated carbocycles. The molecule has 0 aliphatic heterocycles. The molecule has 2 N–H and O–H groups in total. The van der Waals surface area contributed by atoms with Crippen molar-refractivity contribution in [3.05, 3.63) is 58.6 Å². The molecule has 2 aromatic heterocycles. The largest absolute Gasteiger partial charge is 0.383 e. The standard InChI is InChI=1S/C18H13Cl2N5O2S/c1-28(26,27)18-22-15(10-5-3-2-4-6-10)14-16(21)25(24-17(14)23-18)13-8-7-11(19)9-12(13)20/h2-9H,21H2,1H3. The second-order valence-corrected chi connectivity index (χ2v) is 8.84. The molecule has 0 bridgehead atoms. The van der Waals surface area contributed by atoms with Crippen molar-refractivity contribution in [3.63, 3.8) is 0 Å². The van der Waals surface area contributed by atoms with E-state index in [4.69, 9.17) is 28.9 Å². The fourth-order valence-corrected chi connectivity index (χ4v) is 3.80. The van der Waals surface area contributed by atoms with Crippen LogP contribution in [0.3, 0.4) is 0 Å². The van der Waals surface area contributed by atoms with Crippen LogP contribution in [0.4, 0.5) is 5.82 Å². The van der Waals surface area contributed by atoms with E-state index in [1.54, 1.807) is 30.3 Å². The maximum Gasteiger partial charge on any atom is 0.249 e. The summed E-state index contributed by atoms with van der Waals surface area (Å²) in [6.45, 7) is 0. The Morgan fingerprint density at radius 2 is 1.75 bits per heavy atom. The zero-order valence-corrected chi connectivity index (χ0v) is 16.8. The molecule has 0 aliphatic rings. The number of benzene rings is 2. The third kappa shape index (κ3) is 3.19. The van der Waals surface area contributed by atoms with E-state index in [1.165, 1.54) is 4.68 Å². The number of sulfone groups is 1. The first-order valence-electron chi connectivity index (χ1n) is 8.03. The summed E-state index contributed by atoms with van der Waals surface area (Å²) in [6.07, 6.45) is 1.04. The van der Waals surface area contributed by atoms with Crippen LogP contribution in [0.1, 0.15) is 0 Å². The van der Waals surface area contributed by atoms with Crippen molar-refractivity contribution in [1.29, 1.82) is 0 Å². The maximum atomic E-state index is 12.1. The van der Waals surface area contributed by atoms with Gasteiger partial charge in [-0.2, -0.15) is 4.98 Å². The maximum absolute atomic E-state index is 12.1. The number of hydrogen-bond acceptors (Lipinski definition) is 6. The van der Waals surface area contributed by atoms with Gasteiger partial charge in [-0.1, -0.05) is 53.5 Å². The van der Waals surface area contributed by atoms with Gasteiger partial charge in [0.05, 0.1) is 21.8 Å². The number of hydrogen-bond donors (Lipinski definition) is 1. The highest BCUT2D eigenvalue weighted by atomic mass is 35.5. The van der Waals surface area contributed by atoms with E-state index in [0.717, 1.165) is 6.26 Å². The van der Waals surface area contributed by atoms with E-state index < -0.39 is 9.84 Å². The van der Waals surface area contributed by atoms with Gasteiger partial charge in [-0.3, -0.25) is 0 Å². The van der Waals surface area contributed by atoms with Crippen molar-refractivity contribution in [2.75, 3.05) is 12.0 Å². The van der Waals surface area contributed by atoms with Crippen LogP contribution in [0.5, 0.6) is 0 Å². The summed E-state index contributed by atoms with van der Waals surface area (Å²) in [4.78, 5) is 8.37. The minimum atomic E-state index is -3.66. The van der Waals surface area contributed by atoms with Crippen LogP contribution in [0.2, 0.25) is 10.0 Å². The van der Waals surface area contributed by atoms with Gasteiger partial charge in [0.2, 0.25) is 15.0 Å². The molecule has 4 aromatic rings. The summed E-state index contributed by atoms with van der Waals surface area (Å²) in [7, 11) is -3.66. The Bertz CT molecular complexity index is 1320. The molecule has 0 radical (unpaired) electrons. The zero-order valence-electron chi connectivity index (χ0n) is 14.5. The molecule has 2 aromatic carbocycles. The summed E-state index contributed by atoms with van der Waals surface area (Å²) in [6, 6.07) is 14.0. The van der Waals surface area contributed by atoms with E-state index in [-0.39, 0.29) is 16.6 Å². The molecular weight excluding hydrogens is 421 g/mol. The van der Waals surface area contributed by atoms with Crippen molar-refractivity contribution in [3.8, 4) is 16.9 Å². The lowest BCUT2D eigenvalue weighted by Crippen LogP contribution is -2.05. The lowest BCUT2D eigenvalue weighted by atomic mass is 10.1. The first-order valence-corrected chi connectivity index (χ1v) is 10.7. The van der Waals surface area contributed by atoms with E-state index in [0.29, 0.717) is 32.4 Å². The van der Waals surface area contributed by atoms with Gasteiger partial charge in [0, 0.05) is 16.8 Å². The summed E-state index contributed by atoms with van der Waals surface area (Å²) in [5, 5.41) is 5.29. The third-order valence-electron chi connectivity index (χ3n) is 4.07. The average Bonchev–Trinajstić information content (AvgIpc) is 2.98. The molecule has 2 heterocycles. The summed E-state index contributed by atoms with van der Waals surface area (Å²) >= 11 is 12.3. The SMILES string of the molecule is CS(=O)(=O)c1nc(-c2ccccc2)c2c(N)n(-c3ccc(Cl)cc3Cl)nc2n1. The molecule has 7 nitrogen and oxygen atoms in total. The van der Waals surface area contributed by atoms with Gasteiger partial charge in [0.25, 0.3) is 0 Å². The summed E-state index contributed by atoms with van der Waals surface area (Å²) in [5.41, 5.74) is 8.06. The lowest BCUT2D eigenvalue weighted by Gasteiger charge is -2.07. The molecule has 10 heteroatoms. The van der Waals surface area contributed by atoms with Crippen molar-refractivity contribution in [1.82, 2.24) is 19.7 Å². The molecule has 0 fully saturated rings. The minimum Gasteiger partial charge on any atom is -0.383 e. The van der Waals surface area contributed by atoms with Gasteiger partial charge in [-0.25, -0.2) is 18.1 Å². The highest BCUT2D eigenvalue weighted by Crippen LogP contribution is 2.34. The average molecular weight is 434 g/mol. The van der Waals surface area contributed by atoms with Crippen molar-refractivity contribution >= 4 is 49.9 Å². The fraction of sp³-hybridized carbons (Fsp3) is 0.0556. The topological polar surface area (TPSA) is 104 Å². The van der Waals surface area contributed by atoms with E-state index in [1.807, 2.05) is 18.2 Å². The van der Waals surface area contributed by atoms with Crippen LogP contribution in [-0.4, -0.2) is 34.4 Å². The van der Waals surface area contributed by atoms with Crippen molar-refractivity contribution in [2.45, 2.75) is 5.16 Å². The van der Waals surface area contributed by atoms with Gasteiger partial charge < -0.3 is 5.73 Å². The Kier molecular flexibility index (Phi) is 4.49. The molecule has 0 spiro atoms. The fourth-order valence-electron chi connectivity index (χ4n) is 2.80. The monoisotopic (exact) mass is 433 g/mol. The Morgan fingerprint density at radius 1 is 1.04 bits per heavy atom. The normalized spacial score (nSPS) is 11.8. The number of nitrogen functional groups attached to an aromatic ring is 1. The highest BCUT2D eigenvalue weighted by Gasteiger charge is 2.23. The Balaban J connectivity index is 2.09. The number of nitrogens with zero attached hydrogens (tertiary/aromatic N) is 4. The number of halogens is 2. The number of nitrogens with two attached hydrogens (primary N) is 1. The molecule has 0 saturated heterocycles. The van der Waals surface area contributed by atoms with Gasteiger partial charge in [0.15, 0.2) is 5.65 Å². The number of rotatable bonds is 3. The van der Waals surface area contributed by atoms with Crippen LogP contribution >= 0.6 is 23.2 Å². The Morgan fingerprint density at radius 3 is 2.39 bits per heavy atom. The number of anilines is 1. The first kappa shape index (κ1) is 18.7. The van der Waals surface area contributed by atoms with Gasteiger partial charge in [0.1, 0.15) is 5.82 Å². The number of fused-ring (bicyclic) bond motifs is 1. The van der Waals surface area contributed by atoms with Crippen LogP contribution < -0.4 is 5.73 Å². The van der Waals surface area contributed by atoms with Gasteiger partial charge >= 0.3 is 0 Å². The van der Waals surface area contributed by atoms with Crippen molar-refractivity contribution in [2.24, 2.45) is 0 Å². The van der Waals surface area contributed by atoms with E-state index in [2.05, 4.69) is 15.1 Å². The van der Waals surface area contributed by atoms with E-state index in [9.17, 15) is 8.42 Å². The Labute approximate surface area is 170 Å². The Hall–Kier alpha value is -2.68. The molecule has 0 aliphatic carbocycles. The minimum absolute atomic E-state index is 0.151. The molecule has 0 unspecified atom stereocenters. The van der Waals surface area contributed by atoms with Gasteiger partial charge in [-0.05, 0) is 18.2 Å².